The van der Waals surface area contributed by atoms with Gasteiger partial charge in [0.25, 0.3) is 11.6 Å². The Morgan fingerprint density at radius 1 is 1.22 bits per heavy atom. The van der Waals surface area contributed by atoms with Gasteiger partial charge in [-0.05, 0) is 25.0 Å². The van der Waals surface area contributed by atoms with Crippen LogP contribution in [0.4, 0.5) is 11.4 Å². The Morgan fingerprint density at radius 2 is 1.96 bits per heavy atom. The van der Waals surface area contributed by atoms with Gasteiger partial charge >= 0.3 is 0 Å². The molecule has 1 aromatic carbocycles. The van der Waals surface area contributed by atoms with Crippen LogP contribution in [0.3, 0.4) is 0 Å². The maximum Gasteiger partial charge on any atom is 0.274 e. The summed E-state index contributed by atoms with van der Waals surface area (Å²) in [5.41, 5.74) is 2.21. The van der Waals surface area contributed by atoms with E-state index in [4.69, 9.17) is 4.74 Å². The largest absolute Gasteiger partial charge is 0.378 e. The van der Waals surface area contributed by atoms with Gasteiger partial charge in [-0.15, -0.1) is 0 Å². The van der Waals surface area contributed by atoms with Crippen molar-refractivity contribution in [3.8, 4) is 0 Å². The monoisotopic (exact) mass is 317 g/mol. The van der Waals surface area contributed by atoms with Crippen LogP contribution in [0.2, 0.25) is 0 Å². The number of nitrogens with zero attached hydrogens (tertiary/aromatic N) is 3. The lowest BCUT2D eigenvalue weighted by Gasteiger charge is -2.36. The van der Waals surface area contributed by atoms with Crippen molar-refractivity contribution in [3.63, 3.8) is 0 Å². The van der Waals surface area contributed by atoms with Gasteiger partial charge < -0.3 is 14.5 Å². The minimum atomic E-state index is -0.423. The number of carbonyl (C=O) groups excluding carboxylic acids is 1. The lowest BCUT2D eigenvalue weighted by molar-refractivity contribution is -0.384. The molecule has 0 N–H and O–H groups in total. The average molecular weight is 317 g/mol. The SMILES string of the molecule is Cc1cc([N+](=O)[O-])ccc1N1CCC=C(N2CCOCC2)C1=O. The second kappa shape index (κ2) is 6.37. The zero-order valence-electron chi connectivity index (χ0n) is 13.0. The summed E-state index contributed by atoms with van der Waals surface area (Å²) < 4.78 is 5.33. The molecule has 0 aromatic heterocycles. The Kier molecular flexibility index (Phi) is 4.29. The second-order valence-corrected chi connectivity index (χ2v) is 5.66. The van der Waals surface area contributed by atoms with Gasteiger partial charge in [0.15, 0.2) is 0 Å². The standard InChI is InChI=1S/C16H19N3O4/c1-12-11-13(19(21)22)4-5-14(12)18-6-2-3-15(16(18)20)17-7-9-23-10-8-17/h3-5,11H,2,6-10H2,1H3. The van der Waals surface area contributed by atoms with E-state index in [9.17, 15) is 14.9 Å². The lowest BCUT2D eigenvalue weighted by Crippen LogP contribution is -2.45. The molecule has 0 unspecified atom stereocenters. The van der Waals surface area contributed by atoms with Crippen LogP contribution in [0.1, 0.15) is 12.0 Å². The smallest absolute Gasteiger partial charge is 0.274 e. The van der Waals surface area contributed by atoms with Crippen molar-refractivity contribution in [3.05, 3.63) is 45.6 Å². The van der Waals surface area contributed by atoms with Crippen LogP contribution in [-0.2, 0) is 9.53 Å². The van der Waals surface area contributed by atoms with Crippen molar-refractivity contribution < 1.29 is 14.5 Å². The van der Waals surface area contributed by atoms with Gasteiger partial charge in [-0.2, -0.15) is 0 Å². The van der Waals surface area contributed by atoms with Crippen LogP contribution < -0.4 is 4.90 Å². The van der Waals surface area contributed by atoms with E-state index in [-0.39, 0.29) is 11.6 Å². The molecule has 2 aliphatic rings. The van der Waals surface area contributed by atoms with Crippen molar-refractivity contribution in [2.24, 2.45) is 0 Å². The molecular weight excluding hydrogens is 298 g/mol. The molecule has 3 rings (SSSR count). The van der Waals surface area contributed by atoms with E-state index < -0.39 is 4.92 Å². The third-order valence-corrected chi connectivity index (χ3v) is 4.19. The zero-order valence-corrected chi connectivity index (χ0v) is 13.0. The van der Waals surface area contributed by atoms with Gasteiger partial charge in [0.05, 0.1) is 23.8 Å². The number of amides is 1. The highest BCUT2D eigenvalue weighted by atomic mass is 16.6. The first-order chi connectivity index (χ1) is 11.1. The summed E-state index contributed by atoms with van der Waals surface area (Å²) >= 11 is 0. The summed E-state index contributed by atoms with van der Waals surface area (Å²) in [6.07, 6.45) is 2.75. The number of hydrogen-bond donors (Lipinski definition) is 0. The lowest BCUT2D eigenvalue weighted by atomic mass is 10.1. The van der Waals surface area contributed by atoms with Crippen molar-refractivity contribution >= 4 is 17.3 Å². The summed E-state index contributed by atoms with van der Waals surface area (Å²) in [5.74, 6) is -0.0462. The maximum atomic E-state index is 12.8. The van der Waals surface area contributed by atoms with E-state index in [2.05, 4.69) is 4.90 Å². The number of anilines is 1. The van der Waals surface area contributed by atoms with Crippen LogP contribution in [-0.4, -0.2) is 48.6 Å². The first-order valence-corrected chi connectivity index (χ1v) is 7.67. The Bertz CT molecular complexity index is 665. The normalized spacial score (nSPS) is 18.8. The number of aryl methyl sites for hydroxylation is 1. The van der Waals surface area contributed by atoms with Crippen LogP contribution in [0, 0.1) is 17.0 Å². The molecule has 2 heterocycles. The fourth-order valence-corrected chi connectivity index (χ4v) is 3.01. The van der Waals surface area contributed by atoms with Crippen molar-refractivity contribution in [2.45, 2.75) is 13.3 Å². The Labute approximate surface area is 134 Å². The second-order valence-electron chi connectivity index (χ2n) is 5.66. The Balaban J connectivity index is 1.85. The molecule has 0 aliphatic carbocycles. The van der Waals surface area contributed by atoms with E-state index in [0.29, 0.717) is 38.5 Å². The molecular formula is C16H19N3O4. The Morgan fingerprint density at radius 3 is 2.61 bits per heavy atom. The molecule has 0 radical (unpaired) electrons. The van der Waals surface area contributed by atoms with Crippen LogP contribution in [0.5, 0.6) is 0 Å². The highest BCUT2D eigenvalue weighted by Gasteiger charge is 2.29. The van der Waals surface area contributed by atoms with E-state index in [1.54, 1.807) is 17.9 Å². The molecule has 1 amide bonds. The van der Waals surface area contributed by atoms with E-state index >= 15 is 0 Å². The number of benzene rings is 1. The highest BCUT2D eigenvalue weighted by Crippen LogP contribution is 2.28. The van der Waals surface area contributed by atoms with Crippen molar-refractivity contribution in [1.29, 1.82) is 0 Å². The van der Waals surface area contributed by atoms with Crippen molar-refractivity contribution in [2.75, 3.05) is 37.7 Å². The predicted octanol–water partition coefficient (Wildman–Crippen LogP) is 1.86. The van der Waals surface area contributed by atoms with Crippen LogP contribution >= 0.6 is 0 Å². The summed E-state index contributed by atoms with van der Waals surface area (Å²) in [7, 11) is 0. The maximum absolute atomic E-state index is 12.8. The molecule has 122 valence electrons. The first-order valence-electron chi connectivity index (χ1n) is 7.67. The number of non-ortho nitro benzene ring substituents is 1. The number of morpholine rings is 1. The molecule has 0 atom stereocenters. The van der Waals surface area contributed by atoms with Crippen LogP contribution in [0.15, 0.2) is 30.0 Å². The summed E-state index contributed by atoms with van der Waals surface area (Å²) in [5, 5.41) is 10.9. The number of hydrogen-bond acceptors (Lipinski definition) is 5. The average Bonchev–Trinajstić information content (AvgIpc) is 2.56. The summed E-state index contributed by atoms with van der Waals surface area (Å²) in [6.45, 7) is 5.06. The quantitative estimate of drug-likeness (QED) is 0.628. The van der Waals surface area contributed by atoms with Gasteiger partial charge in [-0.1, -0.05) is 6.08 Å². The van der Waals surface area contributed by atoms with Gasteiger partial charge in [0, 0.05) is 37.5 Å². The third-order valence-electron chi connectivity index (χ3n) is 4.19. The predicted molar refractivity (Wildman–Crippen MR) is 85.3 cm³/mol. The minimum Gasteiger partial charge on any atom is -0.378 e. The molecule has 0 bridgehead atoms. The Hall–Kier alpha value is -2.41. The fourth-order valence-electron chi connectivity index (χ4n) is 3.01. The van der Waals surface area contributed by atoms with E-state index in [1.165, 1.54) is 12.1 Å². The zero-order chi connectivity index (χ0) is 16.4. The molecule has 7 nitrogen and oxygen atoms in total. The molecule has 1 aromatic rings. The fraction of sp³-hybridized carbons (Fsp3) is 0.438. The molecule has 1 fully saturated rings. The minimum absolute atomic E-state index is 0.0413. The molecule has 0 saturated carbocycles. The first kappa shape index (κ1) is 15.5. The van der Waals surface area contributed by atoms with Gasteiger partial charge in [0.2, 0.25) is 0 Å². The number of carbonyl (C=O) groups is 1. The number of ether oxygens (including phenoxy) is 1. The summed E-state index contributed by atoms with van der Waals surface area (Å²) in [6, 6.07) is 4.62. The summed E-state index contributed by atoms with van der Waals surface area (Å²) in [4.78, 5) is 27.0. The molecule has 0 spiro atoms. The van der Waals surface area contributed by atoms with Crippen molar-refractivity contribution in [1.82, 2.24) is 4.90 Å². The van der Waals surface area contributed by atoms with Gasteiger partial charge in [0.1, 0.15) is 0 Å². The molecule has 23 heavy (non-hydrogen) atoms. The molecule has 1 saturated heterocycles. The van der Waals surface area contributed by atoms with Crippen LogP contribution in [0.25, 0.3) is 0 Å². The number of rotatable bonds is 3. The van der Waals surface area contributed by atoms with E-state index in [0.717, 1.165) is 17.7 Å². The highest BCUT2D eigenvalue weighted by molar-refractivity contribution is 6.06. The molecule has 7 heteroatoms. The van der Waals surface area contributed by atoms with Gasteiger partial charge in [-0.3, -0.25) is 14.9 Å². The third kappa shape index (κ3) is 3.05. The molecule has 2 aliphatic heterocycles. The van der Waals surface area contributed by atoms with E-state index in [1.807, 2.05) is 6.08 Å². The topological polar surface area (TPSA) is 75.9 Å². The van der Waals surface area contributed by atoms with Gasteiger partial charge in [-0.25, -0.2) is 0 Å². The number of nitro benzene ring substituents is 1. The number of nitro groups is 1.